The molecule has 84 heavy (non-hydrogen) atoms. The van der Waals surface area contributed by atoms with Crippen molar-refractivity contribution in [1.29, 1.82) is 0 Å². The van der Waals surface area contributed by atoms with Crippen molar-refractivity contribution in [3.63, 3.8) is 0 Å². The van der Waals surface area contributed by atoms with E-state index in [2.05, 4.69) is 73.0 Å². The third-order valence-electron chi connectivity index (χ3n) is 16.9. The number of unbranched alkanes of at least 4 members (excludes halogenated alkanes) is 48. The summed E-state index contributed by atoms with van der Waals surface area (Å²) in [5, 5.41) is 17.7. The highest BCUT2D eigenvalue weighted by atomic mass is 28.4. The summed E-state index contributed by atoms with van der Waals surface area (Å²) in [6, 6.07) is 2.75. The van der Waals surface area contributed by atoms with E-state index in [1.165, 1.54) is 320 Å². The Bertz CT molecular complexity index is 1250. The van der Waals surface area contributed by atoms with Crippen molar-refractivity contribution < 1.29 is 33.4 Å². The Morgan fingerprint density at radius 2 is 0.571 bits per heavy atom. The number of ether oxygens (including phenoxy) is 2. The van der Waals surface area contributed by atoms with Gasteiger partial charge in [0, 0.05) is 12.8 Å². The first-order valence-corrected chi connectivity index (χ1v) is 44.0. The van der Waals surface area contributed by atoms with E-state index in [-0.39, 0.29) is 25.2 Å². The summed E-state index contributed by atoms with van der Waals surface area (Å²) in [5.74, 6) is -0.283. The number of aliphatic hydroxyl groups excluding tert-OH is 2. The zero-order valence-corrected chi connectivity index (χ0v) is 60.8. The van der Waals surface area contributed by atoms with Gasteiger partial charge in [0.25, 0.3) is 0 Å². The van der Waals surface area contributed by atoms with Crippen LogP contribution in [0.15, 0.2) is 12.2 Å². The van der Waals surface area contributed by atoms with Crippen LogP contribution in [-0.2, 0) is 23.2 Å². The number of carbonyl (C=O) groups excluding carboxylic acids is 2. The van der Waals surface area contributed by atoms with Gasteiger partial charge in [-0.1, -0.05) is 349 Å². The SMILES string of the molecule is CCCCCCCC/C=C\CCCCCCCC(=O)OCC(O)CO.CCCCCCCCCCCC(=O)OCCCCCC.CCCCCCCCCCCCCCCC[Si](C)(C)O[Si](C)(C)CCCCCCCCCCCCCCCC. The molecule has 0 spiro atoms. The molecule has 0 aliphatic carbocycles. The molecule has 0 bridgehead atoms. The minimum Gasteiger partial charge on any atom is -0.466 e. The Balaban J connectivity index is -0.00000125. The van der Waals surface area contributed by atoms with E-state index < -0.39 is 22.7 Å². The van der Waals surface area contributed by atoms with E-state index in [9.17, 15) is 9.59 Å². The van der Waals surface area contributed by atoms with Gasteiger partial charge in [0.2, 0.25) is 0 Å². The third kappa shape index (κ3) is 79.0. The molecule has 0 aromatic heterocycles. The Labute approximate surface area is 529 Å². The zero-order chi connectivity index (χ0) is 62.4. The summed E-state index contributed by atoms with van der Waals surface area (Å²) in [5.41, 5.74) is 0. The van der Waals surface area contributed by atoms with Crippen LogP contribution < -0.4 is 0 Å². The Morgan fingerprint density at radius 3 is 0.857 bits per heavy atom. The maximum atomic E-state index is 11.5. The van der Waals surface area contributed by atoms with E-state index in [4.69, 9.17) is 23.8 Å². The van der Waals surface area contributed by atoms with Crippen LogP contribution in [0.3, 0.4) is 0 Å². The van der Waals surface area contributed by atoms with Crippen LogP contribution in [0.25, 0.3) is 0 Å². The van der Waals surface area contributed by atoms with Gasteiger partial charge < -0.3 is 23.8 Å². The molecule has 7 nitrogen and oxygen atoms in total. The second-order valence-corrected chi connectivity index (χ2v) is 35.9. The van der Waals surface area contributed by atoms with Crippen LogP contribution in [-0.4, -0.2) is 64.7 Å². The lowest BCUT2D eigenvalue weighted by Crippen LogP contribution is -2.44. The largest absolute Gasteiger partial charge is 0.466 e. The molecular weight excluding hydrogens is 1070 g/mol. The molecule has 2 N–H and O–H groups in total. The van der Waals surface area contributed by atoms with Crippen molar-refractivity contribution in [3.05, 3.63) is 12.2 Å². The third-order valence-corrected chi connectivity index (χ3v) is 24.4. The minimum atomic E-state index is -1.49. The highest BCUT2D eigenvalue weighted by Gasteiger charge is 2.32. The van der Waals surface area contributed by atoms with E-state index in [1.807, 2.05) is 0 Å². The van der Waals surface area contributed by atoms with Gasteiger partial charge in [0.05, 0.1) is 13.2 Å². The molecule has 0 aromatic carbocycles. The first-order chi connectivity index (χ1) is 40.8. The predicted molar refractivity (Wildman–Crippen MR) is 377 cm³/mol. The van der Waals surface area contributed by atoms with Gasteiger partial charge in [-0.2, -0.15) is 0 Å². The Morgan fingerprint density at radius 1 is 0.333 bits per heavy atom. The summed E-state index contributed by atoms with van der Waals surface area (Å²) in [4.78, 5) is 22.8. The quantitative estimate of drug-likeness (QED) is 0.0271. The fraction of sp³-hybridized carbons (Fsp3) is 0.947. The van der Waals surface area contributed by atoms with Crippen LogP contribution in [0.4, 0.5) is 0 Å². The van der Waals surface area contributed by atoms with Gasteiger partial charge in [-0.15, -0.1) is 0 Å². The normalized spacial score (nSPS) is 12.1. The molecule has 1 unspecified atom stereocenters. The fourth-order valence-corrected chi connectivity index (χ4v) is 20.4. The minimum absolute atomic E-state index is 0.00412. The number of allylic oxidation sites excluding steroid dienone is 2. The van der Waals surface area contributed by atoms with Gasteiger partial charge in [-0.05, 0) is 83.2 Å². The fourth-order valence-electron chi connectivity index (χ4n) is 11.4. The van der Waals surface area contributed by atoms with Crippen LogP contribution in [0.5, 0.6) is 0 Å². The highest BCUT2D eigenvalue weighted by molar-refractivity contribution is 6.84. The number of rotatable bonds is 65. The monoisotopic (exact) mass is 1220 g/mol. The molecule has 0 saturated heterocycles. The number of hydrogen-bond donors (Lipinski definition) is 2. The Hall–Kier alpha value is -1.01. The topological polar surface area (TPSA) is 102 Å². The molecule has 0 fully saturated rings. The second-order valence-electron chi connectivity index (χ2n) is 27.0. The second kappa shape index (κ2) is 72.7. The van der Waals surface area contributed by atoms with Gasteiger partial charge in [0.1, 0.15) is 12.7 Å². The maximum Gasteiger partial charge on any atom is 0.305 e. The van der Waals surface area contributed by atoms with E-state index in [0.717, 1.165) is 38.5 Å². The van der Waals surface area contributed by atoms with Crippen molar-refractivity contribution in [2.24, 2.45) is 0 Å². The van der Waals surface area contributed by atoms with Crippen molar-refractivity contribution in [3.8, 4) is 0 Å². The number of hydrogen-bond acceptors (Lipinski definition) is 7. The van der Waals surface area contributed by atoms with Crippen LogP contribution in [0.1, 0.15) is 394 Å². The van der Waals surface area contributed by atoms with Crippen LogP contribution >= 0.6 is 0 Å². The molecule has 1 atom stereocenters. The van der Waals surface area contributed by atoms with Crippen molar-refractivity contribution in [2.75, 3.05) is 19.8 Å². The predicted octanol–water partition coefficient (Wildman–Crippen LogP) is 25.3. The molecule has 9 heteroatoms. The first kappa shape index (κ1) is 87.2. The highest BCUT2D eigenvalue weighted by Crippen LogP contribution is 2.27. The average molecular weight is 1220 g/mol. The molecule has 0 aliphatic rings. The summed E-state index contributed by atoms with van der Waals surface area (Å²) in [6.45, 7) is 21.4. The summed E-state index contributed by atoms with van der Waals surface area (Å²) in [6.07, 6.45) is 77.6. The molecule has 0 aliphatic heterocycles. The molecule has 0 amide bonds. The lowest BCUT2D eigenvalue weighted by molar-refractivity contribution is -0.147. The Kier molecular flexibility index (Phi) is 75.5. The maximum absolute atomic E-state index is 11.5. The van der Waals surface area contributed by atoms with Crippen molar-refractivity contribution in [1.82, 2.24) is 0 Å². The number of aliphatic hydroxyl groups is 2. The number of carbonyl (C=O) groups is 2. The van der Waals surface area contributed by atoms with Crippen LogP contribution in [0, 0.1) is 0 Å². The van der Waals surface area contributed by atoms with Crippen LogP contribution in [0.2, 0.25) is 38.3 Å². The molecular formula is C75H154O7Si2. The standard InChI is InChI=1S/C36H78OSi2.C21H40O4.C18H36O2/c1-7-9-11-13-15-17-19-21-23-25-27-29-31-33-35-38(3,4)37-39(5,6)36-34-32-30-28-26-24-22-20-18-16-14-12-10-8-2;1-2-3-4-5-6-7-8-9-10-11-12-13-14-15-16-17-21(24)25-19-20(23)18-22;1-3-5-7-9-10-11-12-13-14-16-18(19)20-17-15-8-6-4-2/h7-36H2,1-6H3;9-10,20,22-23H,2-8,11-19H2,1H3;3-17H2,1-2H3/b;10-9-;. The molecule has 504 valence electrons. The van der Waals surface area contributed by atoms with Gasteiger partial charge in [-0.3, -0.25) is 9.59 Å². The van der Waals surface area contributed by atoms with Gasteiger partial charge >= 0.3 is 11.9 Å². The molecule has 0 saturated carbocycles. The van der Waals surface area contributed by atoms with Gasteiger partial charge in [0.15, 0.2) is 16.6 Å². The smallest absolute Gasteiger partial charge is 0.305 e. The van der Waals surface area contributed by atoms with E-state index in [1.54, 1.807) is 0 Å². The zero-order valence-electron chi connectivity index (χ0n) is 58.8. The summed E-state index contributed by atoms with van der Waals surface area (Å²) in [7, 11) is -2.97. The first-order valence-electron chi connectivity index (χ1n) is 37.8. The van der Waals surface area contributed by atoms with E-state index in [0.29, 0.717) is 19.4 Å². The molecule has 0 rings (SSSR count). The summed E-state index contributed by atoms with van der Waals surface area (Å²) >= 11 is 0. The van der Waals surface area contributed by atoms with E-state index >= 15 is 0 Å². The lowest BCUT2D eigenvalue weighted by Gasteiger charge is -2.34. The average Bonchev–Trinajstić information content (AvgIpc) is 3.48. The van der Waals surface area contributed by atoms with Crippen molar-refractivity contribution >= 4 is 28.6 Å². The van der Waals surface area contributed by atoms with Crippen molar-refractivity contribution in [2.45, 2.75) is 439 Å². The lowest BCUT2D eigenvalue weighted by atomic mass is 10.0. The van der Waals surface area contributed by atoms with Gasteiger partial charge in [-0.25, -0.2) is 0 Å². The molecule has 0 aromatic rings. The number of esters is 2. The molecule has 0 heterocycles. The molecule has 0 radical (unpaired) electrons. The summed E-state index contributed by atoms with van der Waals surface area (Å²) < 4.78 is 17.0.